The number of methoxy groups -OCH3 is 1. The van der Waals surface area contributed by atoms with Gasteiger partial charge in [0.25, 0.3) is 0 Å². The largest absolute Gasteiger partial charge is 0.481 e. The van der Waals surface area contributed by atoms with E-state index in [9.17, 15) is 13.2 Å². The summed E-state index contributed by atoms with van der Waals surface area (Å²) in [4.78, 5) is 4.04. The fraction of sp³-hybridized carbons (Fsp3) is 0.143. The van der Waals surface area contributed by atoms with E-state index in [1.54, 1.807) is 30.6 Å². The van der Waals surface area contributed by atoms with Gasteiger partial charge in [-0.2, -0.15) is 22.8 Å². The highest BCUT2D eigenvalue weighted by Crippen LogP contribution is 2.34. The molecule has 0 saturated carbocycles. The van der Waals surface area contributed by atoms with Gasteiger partial charge in [-0.1, -0.05) is 0 Å². The maximum Gasteiger partial charge on any atom is 0.435 e. The fourth-order valence-electron chi connectivity index (χ4n) is 2.15. The summed E-state index contributed by atoms with van der Waals surface area (Å²) in [5.74, 6) is 0.220. The Morgan fingerprint density at radius 1 is 1.18 bits per heavy atom. The maximum absolute atomic E-state index is 12.9. The van der Waals surface area contributed by atoms with Crippen molar-refractivity contribution in [3.05, 3.63) is 46.8 Å². The second-order valence-corrected chi connectivity index (χ2v) is 5.42. The van der Waals surface area contributed by atoms with E-state index < -0.39 is 11.9 Å². The van der Waals surface area contributed by atoms with E-state index >= 15 is 0 Å². The molecule has 0 aliphatic rings. The molecule has 114 valence electrons. The molecule has 3 rings (SSSR count). The Morgan fingerprint density at radius 3 is 2.59 bits per heavy atom. The molecule has 22 heavy (non-hydrogen) atoms. The normalized spacial score (nSPS) is 11.9. The zero-order valence-corrected chi connectivity index (χ0v) is 12.8. The van der Waals surface area contributed by atoms with Crippen molar-refractivity contribution in [2.24, 2.45) is 0 Å². The van der Waals surface area contributed by atoms with Gasteiger partial charge in [-0.15, -0.1) is 0 Å². The number of hydrogen-bond donors (Lipinski definition) is 0. The number of fused-ring (bicyclic) bond motifs is 1. The quantitative estimate of drug-likeness (QED) is 0.678. The molecule has 0 aliphatic heterocycles. The van der Waals surface area contributed by atoms with Crippen molar-refractivity contribution in [3.63, 3.8) is 0 Å². The van der Waals surface area contributed by atoms with Gasteiger partial charge in [0.05, 0.1) is 12.6 Å². The van der Waals surface area contributed by atoms with Crippen LogP contribution in [-0.2, 0) is 6.18 Å². The lowest BCUT2D eigenvalue weighted by molar-refractivity contribution is -0.141. The minimum absolute atomic E-state index is 0.220. The highest BCUT2D eigenvalue weighted by Gasteiger charge is 2.34. The number of halogens is 4. The minimum Gasteiger partial charge on any atom is -0.481 e. The molecule has 4 nitrogen and oxygen atoms in total. The van der Waals surface area contributed by atoms with Crippen molar-refractivity contribution in [3.8, 4) is 17.0 Å². The highest BCUT2D eigenvalue weighted by atomic mass is 79.9. The van der Waals surface area contributed by atoms with Crippen LogP contribution in [0, 0.1) is 0 Å². The predicted octanol–water partition coefficient (Wildman–Crippen LogP) is 4.19. The summed E-state index contributed by atoms with van der Waals surface area (Å²) in [7, 11) is 1.38. The van der Waals surface area contributed by atoms with E-state index in [1.807, 2.05) is 0 Å². The Hall–Kier alpha value is -2.09. The molecule has 0 N–H and O–H groups in total. The zero-order valence-electron chi connectivity index (χ0n) is 11.2. The monoisotopic (exact) mass is 371 g/mol. The SMILES string of the molecule is COc1ccc(-c2cncc(Br)c2)c2cc(C(F)(F)F)nn12. The predicted molar refractivity (Wildman–Crippen MR) is 77.7 cm³/mol. The molecule has 0 atom stereocenters. The summed E-state index contributed by atoms with van der Waals surface area (Å²) in [6.45, 7) is 0. The Labute approximate surface area is 131 Å². The standard InChI is InChI=1S/C14H9BrF3N3O/c1-22-13-3-2-10(8-4-9(15)7-19-6-8)11-5-12(14(16,17)18)20-21(11)13/h2-7H,1H3. The molecule has 0 aromatic carbocycles. The first-order chi connectivity index (χ1) is 10.4. The van der Waals surface area contributed by atoms with Crippen LogP contribution in [0.1, 0.15) is 5.69 Å². The van der Waals surface area contributed by atoms with Crippen LogP contribution in [0.4, 0.5) is 13.2 Å². The number of ether oxygens (including phenoxy) is 1. The van der Waals surface area contributed by atoms with E-state index in [0.717, 1.165) is 15.1 Å². The van der Waals surface area contributed by atoms with Gasteiger partial charge < -0.3 is 4.74 Å². The van der Waals surface area contributed by atoms with Gasteiger partial charge in [0.15, 0.2) is 5.69 Å². The number of pyridine rings is 2. The molecule has 3 aromatic rings. The number of rotatable bonds is 2. The summed E-state index contributed by atoms with van der Waals surface area (Å²) in [6, 6.07) is 6.02. The second kappa shape index (κ2) is 5.28. The number of aromatic nitrogens is 3. The molecule has 0 radical (unpaired) electrons. The lowest BCUT2D eigenvalue weighted by Gasteiger charge is -2.08. The third kappa shape index (κ3) is 2.54. The van der Waals surface area contributed by atoms with Crippen molar-refractivity contribution in [1.29, 1.82) is 0 Å². The van der Waals surface area contributed by atoms with E-state index in [2.05, 4.69) is 26.0 Å². The topological polar surface area (TPSA) is 39.4 Å². The molecule has 0 amide bonds. The summed E-state index contributed by atoms with van der Waals surface area (Å²) < 4.78 is 45.7. The van der Waals surface area contributed by atoms with Crippen LogP contribution in [0.5, 0.6) is 5.88 Å². The Bertz CT molecular complexity index is 845. The van der Waals surface area contributed by atoms with Crippen molar-refractivity contribution >= 4 is 21.4 Å². The summed E-state index contributed by atoms with van der Waals surface area (Å²) in [5, 5.41) is 3.60. The van der Waals surface area contributed by atoms with Gasteiger partial charge in [-0.05, 0) is 34.1 Å². The van der Waals surface area contributed by atoms with Crippen molar-refractivity contribution in [1.82, 2.24) is 14.6 Å². The molecule has 0 saturated heterocycles. The van der Waals surface area contributed by atoms with E-state index in [4.69, 9.17) is 4.74 Å². The van der Waals surface area contributed by atoms with Gasteiger partial charge in [0.1, 0.15) is 0 Å². The van der Waals surface area contributed by atoms with E-state index in [1.165, 1.54) is 7.11 Å². The van der Waals surface area contributed by atoms with Crippen LogP contribution in [0.15, 0.2) is 41.1 Å². The Balaban J connectivity index is 2.30. The smallest absolute Gasteiger partial charge is 0.435 e. The summed E-state index contributed by atoms with van der Waals surface area (Å²) >= 11 is 3.30. The molecule has 0 bridgehead atoms. The Morgan fingerprint density at radius 2 is 1.95 bits per heavy atom. The first-order valence-corrected chi connectivity index (χ1v) is 6.94. The molecule has 8 heteroatoms. The zero-order chi connectivity index (χ0) is 15.9. The van der Waals surface area contributed by atoms with Crippen molar-refractivity contribution in [2.75, 3.05) is 7.11 Å². The number of hydrogen-bond acceptors (Lipinski definition) is 3. The molecular formula is C14H9BrF3N3O. The maximum atomic E-state index is 12.9. The van der Waals surface area contributed by atoms with Crippen LogP contribution in [-0.4, -0.2) is 21.7 Å². The van der Waals surface area contributed by atoms with Crippen molar-refractivity contribution < 1.29 is 17.9 Å². The second-order valence-electron chi connectivity index (χ2n) is 4.51. The van der Waals surface area contributed by atoms with Crippen molar-refractivity contribution in [2.45, 2.75) is 6.18 Å². The van der Waals surface area contributed by atoms with Crippen LogP contribution >= 0.6 is 15.9 Å². The van der Waals surface area contributed by atoms with Gasteiger partial charge in [-0.3, -0.25) is 4.98 Å². The summed E-state index contributed by atoms with van der Waals surface area (Å²) in [6.07, 6.45) is -1.35. The minimum atomic E-state index is -4.52. The molecule has 0 fully saturated rings. The molecule has 3 heterocycles. The Kier molecular flexibility index (Phi) is 3.56. The third-order valence-electron chi connectivity index (χ3n) is 3.10. The molecule has 3 aromatic heterocycles. The molecule has 0 aliphatic carbocycles. The van der Waals surface area contributed by atoms with Gasteiger partial charge in [0.2, 0.25) is 5.88 Å². The lowest BCUT2D eigenvalue weighted by Crippen LogP contribution is -2.06. The molecule has 0 spiro atoms. The first kappa shape index (κ1) is 14.8. The molecular weight excluding hydrogens is 363 g/mol. The third-order valence-corrected chi connectivity index (χ3v) is 3.54. The van der Waals surface area contributed by atoms with Gasteiger partial charge in [0, 0.05) is 34.1 Å². The van der Waals surface area contributed by atoms with Crippen LogP contribution in [0.25, 0.3) is 16.6 Å². The fourth-order valence-corrected chi connectivity index (χ4v) is 2.51. The number of nitrogens with zero attached hydrogens (tertiary/aromatic N) is 3. The summed E-state index contributed by atoms with van der Waals surface area (Å²) in [5.41, 5.74) is 0.584. The number of alkyl halides is 3. The van der Waals surface area contributed by atoms with Gasteiger partial charge >= 0.3 is 6.18 Å². The molecule has 0 unspecified atom stereocenters. The highest BCUT2D eigenvalue weighted by molar-refractivity contribution is 9.10. The average molecular weight is 372 g/mol. The van der Waals surface area contributed by atoms with Crippen LogP contribution in [0.3, 0.4) is 0 Å². The first-order valence-electron chi connectivity index (χ1n) is 6.15. The average Bonchev–Trinajstić information content (AvgIpc) is 2.91. The van der Waals surface area contributed by atoms with E-state index in [-0.39, 0.29) is 5.88 Å². The lowest BCUT2D eigenvalue weighted by atomic mass is 10.1. The van der Waals surface area contributed by atoms with Crippen LogP contribution in [0.2, 0.25) is 0 Å². The van der Waals surface area contributed by atoms with Crippen LogP contribution < -0.4 is 4.74 Å². The van der Waals surface area contributed by atoms with E-state index in [0.29, 0.717) is 16.6 Å². The van der Waals surface area contributed by atoms with Gasteiger partial charge in [-0.25, -0.2) is 0 Å².